The van der Waals surface area contributed by atoms with E-state index in [1.165, 1.54) is 52.6 Å². The molecule has 4 saturated heterocycles. The maximum Gasteiger partial charge on any atom is 0.352 e. The van der Waals surface area contributed by atoms with Crippen LogP contribution in [0.4, 0.5) is 14.7 Å². The largest absolute Gasteiger partial charge is 0.480 e. The Labute approximate surface area is 423 Å². The molecule has 0 bridgehead atoms. The van der Waals surface area contributed by atoms with Crippen LogP contribution < -0.4 is 32.8 Å². The fourth-order valence-corrected chi connectivity index (χ4v) is 13.4. The maximum absolute atomic E-state index is 13.3. The second-order valence-corrected chi connectivity index (χ2v) is 23.1. The van der Waals surface area contributed by atoms with E-state index in [1.54, 1.807) is 44.2 Å². The third-order valence-electron chi connectivity index (χ3n) is 11.3. The van der Waals surface area contributed by atoms with Crippen LogP contribution in [0.25, 0.3) is 0 Å². The van der Waals surface area contributed by atoms with Gasteiger partial charge >= 0.3 is 35.1 Å². The number of aliphatic carboxylic acids is 2. The van der Waals surface area contributed by atoms with Gasteiger partial charge in [-0.15, -0.1) is 34.9 Å². The lowest BCUT2D eigenvalue weighted by molar-refractivity contribution is -0.161. The predicted octanol–water partition coefficient (Wildman–Crippen LogP) is -1.85. The molecule has 4 fully saturated rings. The van der Waals surface area contributed by atoms with E-state index in [0.717, 1.165) is 34.3 Å². The van der Waals surface area contributed by atoms with Gasteiger partial charge in [0.25, 0.3) is 11.8 Å². The van der Waals surface area contributed by atoms with Crippen molar-refractivity contribution in [3.63, 3.8) is 0 Å². The van der Waals surface area contributed by atoms with Gasteiger partial charge in [-0.3, -0.25) is 43.4 Å². The third kappa shape index (κ3) is 10.4. The van der Waals surface area contributed by atoms with Crippen molar-refractivity contribution in [1.82, 2.24) is 54.7 Å². The number of carbonyl (C=O) groups is 8. The monoisotopic (exact) mass is 1090 g/mol. The van der Waals surface area contributed by atoms with Crippen LogP contribution in [0, 0.1) is 0 Å². The first-order chi connectivity index (χ1) is 33.9. The number of thioether (sulfide) groups is 3. The van der Waals surface area contributed by atoms with Crippen molar-refractivity contribution >= 4 is 115 Å². The molecule has 8 N–H and O–H groups in total. The molecule has 28 nitrogen and oxygen atoms in total. The number of hydrogen-bond donors (Lipinski definition) is 7. The van der Waals surface area contributed by atoms with Crippen molar-refractivity contribution in [3.8, 4) is 0 Å². The van der Waals surface area contributed by atoms with Gasteiger partial charge in [-0.05, 0) is 25.0 Å². The van der Waals surface area contributed by atoms with Crippen molar-refractivity contribution in [2.24, 2.45) is 12.2 Å². The van der Waals surface area contributed by atoms with Crippen molar-refractivity contribution in [2.45, 2.75) is 58.7 Å². The minimum absolute atomic E-state index is 0.102. The molecule has 5 aliphatic rings. The molecule has 33 heteroatoms. The number of amides is 8. The number of carbonyl (C=O) groups excluding carboxylic acids is 6. The highest BCUT2D eigenvalue weighted by molar-refractivity contribution is 8.01. The molecule has 3 aromatic rings. The van der Waals surface area contributed by atoms with E-state index in [2.05, 4.69) is 36.2 Å². The summed E-state index contributed by atoms with van der Waals surface area (Å²) in [7, 11) is -1.13. The summed E-state index contributed by atoms with van der Waals surface area (Å²) >= 11 is 4.67. The molecule has 8 rings (SSSR count). The fourth-order valence-electron chi connectivity index (χ4n) is 7.98. The number of carboxylic acid groups (broad SMARTS) is 2. The molecule has 72 heavy (non-hydrogen) atoms. The van der Waals surface area contributed by atoms with Crippen molar-refractivity contribution in [1.29, 1.82) is 0 Å². The summed E-state index contributed by atoms with van der Waals surface area (Å²) in [6.07, 6.45) is 0.850. The summed E-state index contributed by atoms with van der Waals surface area (Å²) in [6, 6.07) is 1.76. The molecule has 6 atom stereocenters. The number of fused-ring (bicyclic) bond motifs is 2. The number of hydrogen-bond acceptors (Lipinski definition) is 21. The highest BCUT2D eigenvalue weighted by Crippen LogP contribution is 2.51. The first kappa shape index (κ1) is 52.8. The minimum Gasteiger partial charge on any atom is -0.480 e. The van der Waals surface area contributed by atoms with E-state index >= 15 is 0 Å². The number of aryl methyl sites for hydroxylation is 1. The molecule has 1 aromatic carbocycles. The predicted molar refractivity (Wildman–Crippen MR) is 258 cm³/mol. The molecule has 384 valence electrons. The zero-order valence-electron chi connectivity index (χ0n) is 38.2. The van der Waals surface area contributed by atoms with Gasteiger partial charge in [0.05, 0.1) is 19.3 Å². The fraction of sp³-hybridized carbons (Fsp3) is 0.410. The van der Waals surface area contributed by atoms with Crippen LogP contribution >= 0.6 is 46.6 Å². The summed E-state index contributed by atoms with van der Waals surface area (Å²) in [4.78, 5) is 139. The van der Waals surface area contributed by atoms with Crippen LogP contribution in [-0.2, 0) is 50.7 Å². The number of urea groups is 2. The third-order valence-corrected chi connectivity index (χ3v) is 17.1. The molecular weight excluding hydrogens is 1050 g/mol. The van der Waals surface area contributed by atoms with Gasteiger partial charge in [0.15, 0.2) is 16.0 Å². The molecule has 0 saturated carbocycles. The van der Waals surface area contributed by atoms with Crippen molar-refractivity contribution in [2.75, 3.05) is 43.7 Å². The van der Waals surface area contributed by atoms with Gasteiger partial charge in [0.1, 0.15) is 53.4 Å². The van der Waals surface area contributed by atoms with E-state index in [1.807, 2.05) is 0 Å². The van der Waals surface area contributed by atoms with E-state index < -0.39 is 108 Å². The molecule has 0 aliphatic carbocycles. The number of anilines is 1. The van der Waals surface area contributed by atoms with E-state index in [4.69, 9.17) is 10.6 Å². The van der Waals surface area contributed by atoms with Gasteiger partial charge in [-0.25, -0.2) is 41.8 Å². The summed E-state index contributed by atoms with van der Waals surface area (Å²) < 4.78 is 24.6. The quantitative estimate of drug-likeness (QED) is 0.0306. The second-order valence-electron chi connectivity index (χ2n) is 16.4. The summed E-state index contributed by atoms with van der Waals surface area (Å²) in [5.74, 6) is -4.72. The van der Waals surface area contributed by atoms with Gasteiger partial charge in [0.2, 0.25) is 21.8 Å². The highest BCUT2D eigenvalue weighted by Gasteiger charge is 2.64. The van der Waals surface area contributed by atoms with Gasteiger partial charge in [0, 0.05) is 28.7 Å². The van der Waals surface area contributed by atoms with E-state index in [-0.39, 0.29) is 52.0 Å². The lowest BCUT2D eigenvalue weighted by Gasteiger charge is -2.49. The van der Waals surface area contributed by atoms with Crippen LogP contribution in [0.5, 0.6) is 0 Å². The molecule has 8 amide bonds. The summed E-state index contributed by atoms with van der Waals surface area (Å²) in [5.41, 5.74) is 4.36. The highest BCUT2D eigenvalue weighted by atomic mass is 32.2. The number of thiazole rings is 1. The molecule has 0 spiro atoms. The van der Waals surface area contributed by atoms with Crippen LogP contribution in [0.1, 0.15) is 31.1 Å². The molecule has 2 aromatic heterocycles. The Bertz CT molecular complexity index is 3070. The lowest BCUT2D eigenvalue weighted by atomic mass is 9.95. The number of H-pyrrole nitrogens is 1. The van der Waals surface area contributed by atoms with E-state index in [9.17, 15) is 66.6 Å². The number of nitrogens with two attached hydrogens (primary N) is 1. The zero-order valence-corrected chi connectivity index (χ0v) is 42.2. The van der Waals surface area contributed by atoms with Crippen LogP contribution in [0.3, 0.4) is 0 Å². The van der Waals surface area contributed by atoms with Crippen LogP contribution in [0.2, 0.25) is 0 Å². The topological polar surface area (TPSA) is 388 Å². The second kappa shape index (κ2) is 20.6. The number of rotatable bonds is 14. The average molecular weight is 1090 g/mol. The normalized spacial score (nSPS) is 22.7. The Morgan fingerprint density at radius 1 is 1.01 bits per heavy atom. The standard InChI is InChI=1S/C21H25N5O8S2.C18H18N8O7S3/c1-21(2)14(18(29)30)26-16(28)13(17(26)35-21)22-15(27)12(11-7-5-4-6-8-11)23-19(31)24-9-10-25(20(24)32)36(3,33)34;1-25-18(22-12(28)13(29)23-25)36-4-6-3-34-15-9(14(30)26(15)10(6)16(31)32)21-11(27)8(24-33-2)7-5-35-17(19)20-7/h4-8,12-14,17H,9-10H2,1-3H3,(H,22,27)(H,23,31)(H,29,30);5,9,15H,3-4H2,1-2H3,(H2,19,20)(H,21,27)(H,23,29)(H,31,32)/b;24-8-/t12-,13-,14+,17-;9-,15-/m11/s1. The Kier molecular flexibility index (Phi) is 15.1. The van der Waals surface area contributed by atoms with Crippen LogP contribution in [-0.4, -0.2) is 182 Å². The Hall–Kier alpha value is -6.97. The number of imide groups is 1. The molecule has 0 radical (unpaired) electrons. The van der Waals surface area contributed by atoms with Gasteiger partial charge < -0.3 is 41.6 Å². The number of benzene rings is 1. The van der Waals surface area contributed by atoms with Gasteiger partial charge in [-0.1, -0.05) is 47.2 Å². The van der Waals surface area contributed by atoms with Crippen molar-refractivity contribution < 1.29 is 61.8 Å². The average Bonchev–Trinajstić information content (AvgIpc) is 4.01. The number of β-lactam (4-membered cyclic amide) rings is 2. The minimum atomic E-state index is -3.87. The number of nitrogen functional groups attached to an aromatic ring is 1. The van der Waals surface area contributed by atoms with Crippen molar-refractivity contribution in [3.05, 3.63) is 78.9 Å². The molecular formula is C39H43N13O15S5. The number of aromatic nitrogens is 4. The zero-order chi connectivity index (χ0) is 52.7. The molecule has 5 aliphatic heterocycles. The first-order valence-corrected chi connectivity index (χ1v) is 26.5. The first-order valence-electron chi connectivity index (χ1n) is 20.9. The summed E-state index contributed by atoms with van der Waals surface area (Å²) in [6.45, 7) is 3.02. The number of carboxylic acids is 2. The lowest BCUT2D eigenvalue weighted by Crippen LogP contribution is -2.71. The Balaban J connectivity index is 0.000000211. The number of aromatic amines is 1. The molecule has 0 unspecified atom stereocenters. The SMILES string of the molecule is CC1(C)S[C@@H]2[C@H](NC(=O)[C@H](NC(=O)N3CCN(S(C)(=O)=O)C3=O)c3ccccc3)C(=O)N2[C@H]1C(=O)O.CO/N=C(\C(=O)N[C@@H]1C(=O)N2C(C(=O)O)=C(CSc3nc(=O)c(=O)[nH]n3C)CS[C@H]12)c1csc(N)n1. The maximum atomic E-state index is 13.3. The number of sulfonamides is 1. The number of nitrogens with one attached hydrogen (secondary N) is 4. The summed E-state index contributed by atoms with van der Waals surface area (Å²) in [5, 5.41) is 33.7. The van der Waals surface area contributed by atoms with Gasteiger partial charge in [-0.2, -0.15) is 4.98 Å². The Morgan fingerprint density at radius 2 is 1.69 bits per heavy atom. The van der Waals surface area contributed by atoms with Crippen LogP contribution in [0.15, 0.2) is 66.9 Å². The number of nitrogens with zero attached hydrogens (tertiary/aromatic N) is 8. The number of oxime groups is 1. The smallest absolute Gasteiger partial charge is 0.352 e. The molecule has 7 heterocycles. The Morgan fingerprint density at radius 3 is 2.29 bits per heavy atom. The van der Waals surface area contributed by atoms with E-state index in [0.29, 0.717) is 20.3 Å².